The second kappa shape index (κ2) is 2.97. The highest BCUT2D eigenvalue weighted by atomic mass is 15.1. The average Bonchev–Trinajstić information content (AvgIpc) is 2.15. The molecule has 0 spiro atoms. The zero-order chi connectivity index (χ0) is 10.2. The van der Waals surface area contributed by atoms with Gasteiger partial charge in [-0.25, -0.2) is 0 Å². The van der Waals surface area contributed by atoms with Gasteiger partial charge in [0.05, 0.1) is 11.9 Å². The molecule has 2 heterocycles. The molecule has 72 valence electrons. The molecule has 14 heavy (non-hydrogen) atoms. The number of fused-ring (bicyclic) bond motifs is 1. The van der Waals surface area contributed by atoms with E-state index in [9.17, 15) is 0 Å². The zero-order valence-corrected chi connectivity index (χ0v) is 8.52. The second-order valence-corrected chi connectivity index (χ2v) is 4.23. The second-order valence-electron chi connectivity index (χ2n) is 4.23. The van der Waals surface area contributed by atoms with E-state index in [1.165, 1.54) is 0 Å². The molecule has 0 radical (unpaired) electrons. The Bertz CT molecular complexity index is 454. The number of hydrogen-bond donors (Lipinski definition) is 0. The van der Waals surface area contributed by atoms with E-state index in [1.54, 1.807) is 18.6 Å². The third-order valence-electron chi connectivity index (χ3n) is 2.00. The van der Waals surface area contributed by atoms with Crippen molar-refractivity contribution in [3.8, 4) is 0 Å². The summed E-state index contributed by atoms with van der Waals surface area (Å²) in [6.07, 6.45) is 4.98. The first kappa shape index (κ1) is 8.99. The number of rotatable bonds is 0. The molecule has 2 rings (SSSR count). The third-order valence-corrected chi connectivity index (χ3v) is 2.00. The standard InChI is InChI=1S/C10H12N4/c1-10(2,3)9-8-7(6-13-14-9)11-4-5-12-8/h4-6H,1-3H3. The van der Waals surface area contributed by atoms with Crippen molar-refractivity contribution in [3.05, 3.63) is 24.3 Å². The molecule has 2 aromatic heterocycles. The van der Waals surface area contributed by atoms with Crippen molar-refractivity contribution >= 4 is 11.0 Å². The molecule has 0 unspecified atom stereocenters. The normalized spacial score (nSPS) is 11.9. The van der Waals surface area contributed by atoms with E-state index in [1.807, 2.05) is 0 Å². The summed E-state index contributed by atoms with van der Waals surface area (Å²) >= 11 is 0. The Kier molecular flexibility index (Phi) is 1.91. The predicted octanol–water partition coefficient (Wildman–Crippen LogP) is 1.72. The molecule has 0 N–H and O–H groups in total. The number of nitrogens with zero attached hydrogens (tertiary/aromatic N) is 4. The lowest BCUT2D eigenvalue weighted by atomic mass is 9.91. The Morgan fingerprint density at radius 3 is 2.50 bits per heavy atom. The molecule has 0 aliphatic rings. The van der Waals surface area contributed by atoms with Gasteiger partial charge in [0.1, 0.15) is 11.0 Å². The van der Waals surface area contributed by atoms with Gasteiger partial charge in [0, 0.05) is 17.8 Å². The molecule has 0 fully saturated rings. The molecular weight excluding hydrogens is 176 g/mol. The molecule has 4 heteroatoms. The lowest BCUT2D eigenvalue weighted by Crippen LogP contribution is -2.15. The summed E-state index contributed by atoms with van der Waals surface area (Å²) in [4.78, 5) is 8.47. The van der Waals surface area contributed by atoms with Crippen molar-refractivity contribution in [1.29, 1.82) is 0 Å². The van der Waals surface area contributed by atoms with Crippen molar-refractivity contribution in [1.82, 2.24) is 20.2 Å². The van der Waals surface area contributed by atoms with E-state index < -0.39 is 0 Å². The number of hydrogen-bond acceptors (Lipinski definition) is 4. The lowest BCUT2D eigenvalue weighted by Gasteiger charge is -2.17. The molecule has 0 aliphatic carbocycles. The fourth-order valence-corrected chi connectivity index (χ4v) is 1.32. The highest BCUT2D eigenvalue weighted by Crippen LogP contribution is 2.24. The van der Waals surface area contributed by atoms with Crippen LogP contribution in [0.15, 0.2) is 18.6 Å². The van der Waals surface area contributed by atoms with Gasteiger partial charge in [-0.3, -0.25) is 9.97 Å². The van der Waals surface area contributed by atoms with Crippen LogP contribution < -0.4 is 0 Å². The minimum Gasteiger partial charge on any atom is -0.251 e. The van der Waals surface area contributed by atoms with E-state index in [0.717, 1.165) is 16.7 Å². The predicted molar refractivity (Wildman–Crippen MR) is 53.8 cm³/mol. The van der Waals surface area contributed by atoms with Gasteiger partial charge in [-0.1, -0.05) is 20.8 Å². The van der Waals surface area contributed by atoms with Crippen LogP contribution in [0.25, 0.3) is 11.0 Å². The van der Waals surface area contributed by atoms with Crippen LogP contribution in [0.5, 0.6) is 0 Å². The van der Waals surface area contributed by atoms with E-state index in [4.69, 9.17) is 0 Å². The molecular formula is C10H12N4. The molecule has 0 atom stereocenters. The van der Waals surface area contributed by atoms with Crippen LogP contribution in [-0.2, 0) is 5.41 Å². The summed E-state index contributed by atoms with van der Waals surface area (Å²) < 4.78 is 0. The van der Waals surface area contributed by atoms with Crippen molar-refractivity contribution < 1.29 is 0 Å². The zero-order valence-electron chi connectivity index (χ0n) is 8.52. The Balaban J connectivity index is 2.78. The van der Waals surface area contributed by atoms with Crippen LogP contribution in [0.4, 0.5) is 0 Å². The van der Waals surface area contributed by atoms with Gasteiger partial charge in [0.25, 0.3) is 0 Å². The summed E-state index contributed by atoms with van der Waals surface area (Å²) in [5.74, 6) is 0. The third kappa shape index (κ3) is 1.43. The molecule has 0 saturated heterocycles. The van der Waals surface area contributed by atoms with E-state index in [-0.39, 0.29) is 5.41 Å². The minimum absolute atomic E-state index is 0.0530. The lowest BCUT2D eigenvalue weighted by molar-refractivity contribution is 0.564. The topological polar surface area (TPSA) is 51.6 Å². The van der Waals surface area contributed by atoms with Crippen molar-refractivity contribution in [2.24, 2.45) is 0 Å². The maximum absolute atomic E-state index is 4.28. The first-order chi connectivity index (χ1) is 6.59. The highest BCUT2D eigenvalue weighted by Gasteiger charge is 2.20. The van der Waals surface area contributed by atoms with Crippen LogP contribution in [0.1, 0.15) is 26.5 Å². The Morgan fingerprint density at radius 1 is 1.07 bits per heavy atom. The van der Waals surface area contributed by atoms with Crippen molar-refractivity contribution in [2.75, 3.05) is 0 Å². The van der Waals surface area contributed by atoms with E-state index >= 15 is 0 Å². The summed E-state index contributed by atoms with van der Waals surface area (Å²) in [5, 5.41) is 8.05. The van der Waals surface area contributed by atoms with Gasteiger partial charge in [-0.2, -0.15) is 10.2 Å². The van der Waals surface area contributed by atoms with Crippen LogP contribution in [0, 0.1) is 0 Å². The van der Waals surface area contributed by atoms with Gasteiger partial charge in [-0.05, 0) is 0 Å². The summed E-state index contributed by atoms with van der Waals surface area (Å²) in [7, 11) is 0. The summed E-state index contributed by atoms with van der Waals surface area (Å²) in [6.45, 7) is 6.27. The number of aromatic nitrogens is 4. The monoisotopic (exact) mass is 188 g/mol. The smallest absolute Gasteiger partial charge is 0.114 e. The first-order valence-electron chi connectivity index (χ1n) is 4.52. The maximum atomic E-state index is 4.28. The highest BCUT2D eigenvalue weighted by molar-refractivity contribution is 5.75. The molecule has 0 saturated carbocycles. The van der Waals surface area contributed by atoms with Crippen LogP contribution in [-0.4, -0.2) is 20.2 Å². The molecule has 0 aromatic carbocycles. The van der Waals surface area contributed by atoms with E-state index in [2.05, 4.69) is 40.9 Å². The Morgan fingerprint density at radius 2 is 1.79 bits per heavy atom. The van der Waals surface area contributed by atoms with Gasteiger partial charge in [0.15, 0.2) is 0 Å². The van der Waals surface area contributed by atoms with Crippen LogP contribution in [0.3, 0.4) is 0 Å². The summed E-state index contributed by atoms with van der Waals surface area (Å²) in [5.41, 5.74) is 2.48. The summed E-state index contributed by atoms with van der Waals surface area (Å²) in [6, 6.07) is 0. The molecule has 2 aromatic rings. The van der Waals surface area contributed by atoms with E-state index in [0.29, 0.717) is 0 Å². The first-order valence-corrected chi connectivity index (χ1v) is 4.52. The Hall–Kier alpha value is -1.58. The Labute approximate surface area is 82.4 Å². The largest absolute Gasteiger partial charge is 0.251 e. The average molecular weight is 188 g/mol. The van der Waals surface area contributed by atoms with Gasteiger partial charge in [0.2, 0.25) is 0 Å². The molecule has 4 nitrogen and oxygen atoms in total. The SMILES string of the molecule is CC(C)(C)c1nncc2nccnc12. The van der Waals surface area contributed by atoms with Crippen LogP contribution >= 0.6 is 0 Å². The fourth-order valence-electron chi connectivity index (χ4n) is 1.32. The molecule has 0 aliphatic heterocycles. The van der Waals surface area contributed by atoms with Gasteiger partial charge in [-0.15, -0.1) is 0 Å². The molecule has 0 bridgehead atoms. The fraction of sp³-hybridized carbons (Fsp3) is 0.400. The van der Waals surface area contributed by atoms with Gasteiger partial charge < -0.3 is 0 Å². The minimum atomic E-state index is -0.0530. The maximum Gasteiger partial charge on any atom is 0.114 e. The molecule has 0 amide bonds. The quantitative estimate of drug-likeness (QED) is 0.631. The van der Waals surface area contributed by atoms with Crippen molar-refractivity contribution in [2.45, 2.75) is 26.2 Å². The van der Waals surface area contributed by atoms with Crippen LogP contribution in [0.2, 0.25) is 0 Å². The van der Waals surface area contributed by atoms with Crippen molar-refractivity contribution in [3.63, 3.8) is 0 Å². The van der Waals surface area contributed by atoms with Gasteiger partial charge >= 0.3 is 0 Å².